The molecule has 0 radical (unpaired) electrons. The average Bonchev–Trinajstić information content (AvgIpc) is 2.87. The number of carbonyl (C=O) groups is 6. The number of carboxylic acids is 6. The molecule has 0 fully saturated rings. The van der Waals surface area contributed by atoms with Gasteiger partial charge in [0, 0.05) is 0 Å². The molecule has 3 aromatic carbocycles. The quantitative estimate of drug-likeness (QED) is 0.144. The molecule has 0 amide bonds. The second-order valence-corrected chi connectivity index (χ2v) is 7.36. The first-order valence-electron chi connectivity index (χ1n) is 10.3. The molecule has 0 saturated carbocycles. The molecule has 20 heteroatoms. The first-order chi connectivity index (χ1) is 19.3. The number of carboxylic acid groups (broad SMARTS) is 6. The van der Waals surface area contributed by atoms with E-state index in [1.165, 1.54) is 0 Å². The molecule has 0 aromatic heterocycles. The Bertz CT molecular complexity index is 1310. The van der Waals surface area contributed by atoms with Gasteiger partial charge in [0.1, 0.15) is 0 Å². The normalized spacial score (nSPS) is 9.27. The maximum Gasteiger partial charge on any atom is 3.00 e. The van der Waals surface area contributed by atoms with Crippen LogP contribution in [0.4, 0.5) is 0 Å². The summed E-state index contributed by atoms with van der Waals surface area (Å²) >= 11 is 0. The van der Waals surface area contributed by atoms with Gasteiger partial charge in [0.05, 0.1) is 33.4 Å². The van der Waals surface area contributed by atoms with Crippen LogP contribution < -0.4 is 30.6 Å². The number of rotatable bonds is 6. The number of benzene rings is 3. The van der Waals surface area contributed by atoms with Crippen LogP contribution in [0.2, 0.25) is 0 Å². The zero-order valence-corrected chi connectivity index (χ0v) is 27.8. The van der Waals surface area contributed by atoms with Gasteiger partial charge in [-0.15, -0.1) is 0 Å². The van der Waals surface area contributed by atoms with Gasteiger partial charge in [-0.1, -0.05) is 70.9 Å². The smallest absolute Gasteiger partial charge is 0.872 e. The van der Waals surface area contributed by atoms with E-state index < -0.39 is 104 Å². The molecular weight excluding hydrogens is 806 g/mol. The first kappa shape index (κ1) is 41.2. The fraction of sp³-hybridized carbons (Fsp3) is 0. The minimum absolute atomic E-state index is 0. The predicted molar refractivity (Wildman–Crippen MR) is 129 cm³/mol. The zero-order valence-electron chi connectivity index (χ0n) is 21.2. The van der Waals surface area contributed by atoms with Crippen LogP contribution in [-0.2, 0) is 0 Å². The minimum Gasteiger partial charge on any atom is -0.872 e. The van der Waals surface area contributed by atoms with Crippen molar-refractivity contribution in [3.8, 4) is 34.5 Å². The molecule has 0 atom stereocenters. The van der Waals surface area contributed by atoms with E-state index in [1.807, 2.05) is 0 Å². The first-order valence-corrected chi connectivity index (χ1v) is 10.3. The molecule has 0 aliphatic rings. The Morgan fingerprint density at radius 1 is 0.318 bits per heavy atom. The molecule has 0 spiro atoms. The van der Waals surface area contributed by atoms with Crippen molar-refractivity contribution < 1.29 is 90.0 Å². The van der Waals surface area contributed by atoms with Crippen LogP contribution in [-0.4, -0.2) is 118 Å². The predicted octanol–water partition coefficient (Wildman–Crippen LogP) is -3.07. The summed E-state index contributed by atoms with van der Waals surface area (Å²) in [4.78, 5) is 62.2. The third-order valence-electron chi connectivity index (χ3n) is 4.63. The van der Waals surface area contributed by atoms with Crippen LogP contribution in [0, 0.1) is 0 Å². The molecule has 0 aliphatic heterocycles. The van der Waals surface area contributed by atoms with E-state index in [0.717, 1.165) is 0 Å². The van der Waals surface area contributed by atoms with Gasteiger partial charge >= 0.3 is 87.5 Å². The molecule has 0 saturated heterocycles. The Morgan fingerprint density at radius 3 is 0.477 bits per heavy atom. The second-order valence-electron chi connectivity index (χ2n) is 7.36. The van der Waals surface area contributed by atoms with Crippen LogP contribution in [0.1, 0.15) is 62.1 Å². The summed E-state index contributed by atoms with van der Waals surface area (Å²) in [6.45, 7) is 0. The molecule has 44 heavy (non-hydrogen) atoms. The van der Waals surface area contributed by atoms with Crippen LogP contribution in [0.25, 0.3) is 0 Å². The topological polar surface area (TPSA) is 362 Å². The zero-order chi connectivity index (χ0) is 32.6. The van der Waals surface area contributed by atoms with E-state index in [2.05, 4.69) is 0 Å². The summed E-state index contributed by atoms with van der Waals surface area (Å²) in [5.74, 6) is -15.3. The number of aromatic carboxylic acids is 6. The summed E-state index contributed by atoms with van der Waals surface area (Å²) in [5.41, 5.74) is -4.33. The fourth-order valence-electron chi connectivity index (χ4n) is 2.68. The molecular formula is C24H12In2O18. The summed E-state index contributed by atoms with van der Waals surface area (Å²) in [6, 6.07) is 3.05. The number of hydrogen-bond acceptors (Lipinski definition) is 12. The molecule has 3 rings (SSSR count). The molecule has 3 aromatic rings. The van der Waals surface area contributed by atoms with Crippen molar-refractivity contribution in [3.63, 3.8) is 0 Å². The molecule has 0 heterocycles. The van der Waals surface area contributed by atoms with E-state index in [4.69, 9.17) is 30.6 Å². The van der Waals surface area contributed by atoms with Crippen molar-refractivity contribution in [1.82, 2.24) is 0 Å². The Kier molecular flexibility index (Phi) is 16.1. The largest absolute Gasteiger partial charge is 3.00 e. The minimum atomic E-state index is -1.55. The Morgan fingerprint density at radius 2 is 0.409 bits per heavy atom. The second kappa shape index (κ2) is 17.2. The summed E-state index contributed by atoms with van der Waals surface area (Å²) in [5, 5.41) is 116. The standard InChI is InChI=1S/3C8H6O6.2In/c3*9-5-1-3(7(11)12)6(10)2-4(5)8(13)14;;/h3*1-2,9-10H,(H,11,12)(H,13,14);;/q;;;2*+3/p-6. The van der Waals surface area contributed by atoms with Gasteiger partial charge in [-0.2, -0.15) is 0 Å². The Labute approximate surface area is 280 Å². The molecule has 18 nitrogen and oxygen atoms in total. The van der Waals surface area contributed by atoms with Gasteiger partial charge in [-0.05, 0) is 0 Å². The van der Waals surface area contributed by atoms with Crippen LogP contribution in [0.5, 0.6) is 34.5 Å². The fourth-order valence-corrected chi connectivity index (χ4v) is 2.68. The van der Waals surface area contributed by atoms with Crippen LogP contribution in [0.3, 0.4) is 0 Å². The van der Waals surface area contributed by atoms with Gasteiger partial charge in [0.25, 0.3) is 0 Å². The Balaban J connectivity index is 0. The maximum atomic E-state index is 11.0. The van der Waals surface area contributed by atoms with Crippen LogP contribution in [0.15, 0.2) is 36.4 Å². The number of hydrogen-bond donors (Lipinski definition) is 6. The third-order valence-corrected chi connectivity index (χ3v) is 4.63. The monoisotopic (exact) mass is 818 g/mol. The van der Waals surface area contributed by atoms with Crippen molar-refractivity contribution in [2.75, 3.05) is 0 Å². The molecule has 0 unspecified atom stereocenters. The van der Waals surface area contributed by atoms with E-state index in [-0.39, 0.29) is 51.7 Å². The SMILES string of the molecule is O=C(O)c1cc([O-])c(C(=O)O)cc1[O-].O=C(O)c1cc([O-])c(C(=O)O)cc1[O-].O=C(O)c1cc([O-])c(C(=O)O)cc1[O-].[In+3].[In+3]. The summed E-state index contributed by atoms with van der Waals surface area (Å²) < 4.78 is 0. The maximum absolute atomic E-state index is 11.0. The van der Waals surface area contributed by atoms with Gasteiger partial charge in [-0.3, -0.25) is 0 Å². The van der Waals surface area contributed by atoms with E-state index in [1.54, 1.807) is 0 Å². The van der Waals surface area contributed by atoms with Gasteiger partial charge < -0.3 is 61.3 Å². The van der Waals surface area contributed by atoms with E-state index in [9.17, 15) is 59.4 Å². The van der Waals surface area contributed by atoms with Crippen LogP contribution >= 0.6 is 0 Å². The Hall–Kier alpha value is -4.98. The van der Waals surface area contributed by atoms with Crippen molar-refractivity contribution >= 4 is 87.5 Å². The van der Waals surface area contributed by atoms with E-state index >= 15 is 0 Å². The summed E-state index contributed by atoms with van der Waals surface area (Å²) in [7, 11) is 0. The average molecular weight is 818 g/mol. The van der Waals surface area contributed by atoms with E-state index in [0.29, 0.717) is 36.4 Å². The van der Waals surface area contributed by atoms with Crippen molar-refractivity contribution in [3.05, 3.63) is 69.8 Å². The summed E-state index contributed by atoms with van der Waals surface area (Å²) in [6.07, 6.45) is 0. The van der Waals surface area contributed by atoms with Crippen molar-refractivity contribution in [2.24, 2.45) is 0 Å². The molecule has 0 aliphatic carbocycles. The molecule has 6 N–H and O–H groups in total. The third kappa shape index (κ3) is 10.7. The molecule has 0 bridgehead atoms. The van der Waals surface area contributed by atoms with Gasteiger partial charge in [0.2, 0.25) is 0 Å². The molecule has 222 valence electrons. The van der Waals surface area contributed by atoms with Gasteiger partial charge in [0.15, 0.2) is 0 Å². The van der Waals surface area contributed by atoms with Crippen molar-refractivity contribution in [1.29, 1.82) is 0 Å². The van der Waals surface area contributed by atoms with Gasteiger partial charge in [-0.25, -0.2) is 28.8 Å². The van der Waals surface area contributed by atoms with Crippen molar-refractivity contribution in [2.45, 2.75) is 0 Å².